The number of hydrogen-bond donors (Lipinski definition) is 0. The van der Waals surface area contributed by atoms with Crippen molar-refractivity contribution in [2.24, 2.45) is 0 Å². The smallest absolute Gasteiger partial charge is 0.308 e. The summed E-state index contributed by atoms with van der Waals surface area (Å²) in [7, 11) is 2.96. The highest BCUT2D eigenvalue weighted by Crippen LogP contribution is 2.11. The van der Waals surface area contributed by atoms with Crippen LogP contribution in [0.3, 0.4) is 0 Å². The molecule has 0 saturated carbocycles. The molecule has 0 aromatic carbocycles. The van der Waals surface area contributed by atoms with Crippen molar-refractivity contribution < 1.29 is 23.8 Å². The van der Waals surface area contributed by atoms with Crippen LogP contribution in [0.5, 0.6) is 0 Å². The van der Waals surface area contributed by atoms with Gasteiger partial charge in [-0.1, -0.05) is 0 Å². The summed E-state index contributed by atoms with van der Waals surface area (Å²) in [6, 6.07) is 0. The number of hydrogen-bond acceptors (Lipinski definition) is 5. The minimum absolute atomic E-state index is 0.0882. The van der Waals surface area contributed by atoms with Crippen molar-refractivity contribution in [1.29, 1.82) is 0 Å². The van der Waals surface area contributed by atoms with E-state index in [2.05, 4.69) is 4.74 Å². The van der Waals surface area contributed by atoms with Gasteiger partial charge in [0.25, 0.3) is 0 Å². The molecular weight excluding hydrogens is 238 g/mol. The quantitative estimate of drug-likeness (QED) is 0.504. The van der Waals surface area contributed by atoms with Gasteiger partial charge in [-0.15, -0.1) is 0 Å². The van der Waals surface area contributed by atoms with Crippen LogP contribution in [0.1, 0.15) is 19.3 Å². The standard InChI is InChI=1S/C12H21NO5/c1-16-6-3-4-11(14)13-5-7-18-10(9-13)8-12(15)17-2/h10H,3-9H2,1-2H3. The molecule has 104 valence electrons. The van der Waals surface area contributed by atoms with Crippen LogP contribution in [0, 0.1) is 0 Å². The molecule has 1 heterocycles. The Morgan fingerprint density at radius 1 is 1.39 bits per heavy atom. The molecule has 0 radical (unpaired) electrons. The lowest BCUT2D eigenvalue weighted by Crippen LogP contribution is -2.46. The Kier molecular flexibility index (Phi) is 6.67. The maximum Gasteiger partial charge on any atom is 0.308 e. The van der Waals surface area contributed by atoms with Crippen molar-refractivity contribution in [2.75, 3.05) is 40.5 Å². The molecule has 0 aromatic rings. The van der Waals surface area contributed by atoms with E-state index in [1.54, 1.807) is 12.0 Å². The summed E-state index contributed by atoms with van der Waals surface area (Å²) in [6.07, 6.45) is 1.13. The second-order valence-electron chi connectivity index (χ2n) is 4.21. The highest BCUT2D eigenvalue weighted by atomic mass is 16.5. The van der Waals surface area contributed by atoms with E-state index >= 15 is 0 Å². The summed E-state index contributed by atoms with van der Waals surface area (Å²) in [5.41, 5.74) is 0. The van der Waals surface area contributed by atoms with Crippen LogP contribution in [-0.4, -0.2) is 63.4 Å². The minimum Gasteiger partial charge on any atom is -0.469 e. The van der Waals surface area contributed by atoms with Gasteiger partial charge in [-0.2, -0.15) is 0 Å². The number of morpholine rings is 1. The SMILES string of the molecule is COCCCC(=O)N1CCOC(CC(=O)OC)C1. The van der Waals surface area contributed by atoms with E-state index in [9.17, 15) is 9.59 Å². The molecular formula is C12H21NO5. The third kappa shape index (κ3) is 5.01. The fraction of sp³-hybridized carbons (Fsp3) is 0.833. The molecule has 1 atom stereocenters. The summed E-state index contributed by atoms with van der Waals surface area (Å²) in [5.74, 6) is -0.223. The van der Waals surface area contributed by atoms with E-state index in [1.807, 2.05) is 0 Å². The van der Waals surface area contributed by atoms with Gasteiger partial charge in [-0.05, 0) is 6.42 Å². The zero-order chi connectivity index (χ0) is 13.4. The number of carbonyl (C=O) groups excluding carboxylic acids is 2. The molecule has 0 N–H and O–H groups in total. The van der Waals surface area contributed by atoms with Gasteiger partial charge < -0.3 is 19.1 Å². The van der Waals surface area contributed by atoms with Crippen LogP contribution in [0.15, 0.2) is 0 Å². The molecule has 1 amide bonds. The van der Waals surface area contributed by atoms with Crippen LogP contribution in [0.4, 0.5) is 0 Å². The highest BCUT2D eigenvalue weighted by Gasteiger charge is 2.25. The molecule has 0 aromatic heterocycles. The molecule has 18 heavy (non-hydrogen) atoms. The van der Waals surface area contributed by atoms with Crippen LogP contribution >= 0.6 is 0 Å². The van der Waals surface area contributed by atoms with Crippen molar-refractivity contribution >= 4 is 11.9 Å². The van der Waals surface area contributed by atoms with Crippen molar-refractivity contribution in [3.05, 3.63) is 0 Å². The summed E-state index contributed by atoms with van der Waals surface area (Å²) in [6.45, 7) is 2.10. The zero-order valence-corrected chi connectivity index (χ0v) is 11.0. The van der Waals surface area contributed by atoms with E-state index < -0.39 is 0 Å². The molecule has 1 aliphatic heterocycles. The molecule has 1 unspecified atom stereocenters. The Morgan fingerprint density at radius 3 is 2.83 bits per heavy atom. The third-order valence-electron chi connectivity index (χ3n) is 2.85. The van der Waals surface area contributed by atoms with Gasteiger partial charge in [0, 0.05) is 33.2 Å². The van der Waals surface area contributed by atoms with Crippen LogP contribution < -0.4 is 0 Å². The number of carbonyl (C=O) groups is 2. The van der Waals surface area contributed by atoms with Crippen molar-refractivity contribution in [3.63, 3.8) is 0 Å². The van der Waals surface area contributed by atoms with E-state index in [4.69, 9.17) is 9.47 Å². The Balaban J connectivity index is 2.33. The first-order valence-corrected chi connectivity index (χ1v) is 6.12. The predicted molar refractivity (Wildman–Crippen MR) is 64.1 cm³/mol. The monoisotopic (exact) mass is 259 g/mol. The summed E-state index contributed by atoms with van der Waals surface area (Å²) in [5, 5.41) is 0. The number of nitrogens with zero attached hydrogens (tertiary/aromatic N) is 1. The third-order valence-corrected chi connectivity index (χ3v) is 2.85. The number of methoxy groups -OCH3 is 2. The number of esters is 1. The lowest BCUT2D eigenvalue weighted by Gasteiger charge is -2.32. The minimum atomic E-state index is -0.311. The Hall–Kier alpha value is -1.14. The van der Waals surface area contributed by atoms with E-state index in [0.29, 0.717) is 39.1 Å². The Morgan fingerprint density at radius 2 is 2.17 bits per heavy atom. The number of amides is 1. The van der Waals surface area contributed by atoms with Crippen molar-refractivity contribution in [3.8, 4) is 0 Å². The highest BCUT2D eigenvalue weighted by molar-refractivity contribution is 5.76. The van der Waals surface area contributed by atoms with Crippen molar-refractivity contribution in [1.82, 2.24) is 4.90 Å². The van der Waals surface area contributed by atoms with Gasteiger partial charge in [0.2, 0.25) is 5.91 Å². The Bertz CT molecular complexity index is 282. The average Bonchev–Trinajstić information content (AvgIpc) is 2.39. The van der Waals surface area contributed by atoms with E-state index in [1.165, 1.54) is 7.11 Å². The molecule has 1 saturated heterocycles. The fourth-order valence-corrected chi connectivity index (χ4v) is 1.86. The lowest BCUT2D eigenvalue weighted by atomic mass is 10.2. The van der Waals surface area contributed by atoms with E-state index in [0.717, 1.165) is 0 Å². The molecule has 6 heteroatoms. The zero-order valence-electron chi connectivity index (χ0n) is 11.0. The summed E-state index contributed by atoms with van der Waals surface area (Å²) >= 11 is 0. The van der Waals surface area contributed by atoms with Gasteiger partial charge in [0.05, 0.1) is 26.2 Å². The first kappa shape index (κ1) is 14.9. The first-order valence-electron chi connectivity index (χ1n) is 6.12. The number of rotatable bonds is 6. The topological polar surface area (TPSA) is 65.1 Å². The van der Waals surface area contributed by atoms with E-state index in [-0.39, 0.29) is 24.4 Å². The second-order valence-corrected chi connectivity index (χ2v) is 4.21. The van der Waals surface area contributed by atoms with Gasteiger partial charge >= 0.3 is 5.97 Å². The molecule has 1 aliphatic rings. The first-order chi connectivity index (χ1) is 8.67. The van der Waals surface area contributed by atoms with Gasteiger partial charge in [0.15, 0.2) is 0 Å². The number of ether oxygens (including phenoxy) is 3. The largest absolute Gasteiger partial charge is 0.469 e. The van der Waals surface area contributed by atoms with Crippen molar-refractivity contribution in [2.45, 2.75) is 25.4 Å². The fourth-order valence-electron chi connectivity index (χ4n) is 1.86. The molecule has 0 aliphatic carbocycles. The van der Waals surface area contributed by atoms with Gasteiger partial charge in [-0.3, -0.25) is 9.59 Å². The average molecular weight is 259 g/mol. The van der Waals surface area contributed by atoms with Crippen LogP contribution in [0.2, 0.25) is 0 Å². The van der Waals surface area contributed by atoms with Gasteiger partial charge in [0.1, 0.15) is 0 Å². The molecule has 0 spiro atoms. The second kappa shape index (κ2) is 8.05. The molecule has 1 rings (SSSR count). The molecule has 0 bridgehead atoms. The molecule has 6 nitrogen and oxygen atoms in total. The Labute approximate surface area is 107 Å². The maximum atomic E-state index is 11.9. The predicted octanol–water partition coefficient (Wildman–Crippen LogP) is 0.204. The van der Waals surface area contributed by atoms with Crippen LogP contribution in [-0.2, 0) is 23.8 Å². The summed E-state index contributed by atoms with van der Waals surface area (Å²) in [4.78, 5) is 24.8. The molecule has 1 fully saturated rings. The lowest BCUT2D eigenvalue weighted by molar-refractivity contribution is -0.150. The maximum absolute atomic E-state index is 11.9. The normalized spacial score (nSPS) is 19.7. The van der Waals surface area contributed by atoms with Crippen LogP contribution in [0.25, 0.3) is 0 Å². The van der Waals surface area contributed by atoms with Gasteiger partial charge in [-0.25, -0.2) is 0 Å². The summed E-state index contributed by atoms with van der Waals surface area (Å²) < 4.78 is 14.9.